The molecule has 0 amide bonds. The van der Waals surface area contributed by atoms with Crippen molar-refractivity contribution in [2.45, 2.75) is 26.2 Å². The van der Waals surface area contributed by atoms with Crippen LogP contribution in [-0.2, 0) is 14.3 Å². The Morgan fingerprint density at radius 2 is 2.00 bits per heavy atom. The Morgan fingerprint density at radius 3 is 2.38 bits per heavy atom. The van der Waals surface area contributed by atoms with Gasteiger partial charge in [-0.2, -0.15) is 0 Å². The maximum absolute atomic E-state index is 11.5. The highest BCUT2D eigenvalue weighted by Gasteiger charge is 2.30. The summed E-state index contributed by atoms with van der Waals surface area (Å²) in [7, 11) is 1.29. The number of unbranched alkanes of at least 4 members (excludes halogenated alkanes) is 1. The van der Waals surface area contributed by atoms with Gasteiger partial charge in [0, 0.05) is 0 Å². The van der Waals surface area contributed by atoms with Gasteiger partial charge in [0.2, 0.25) is 0 Å². The fourth-order valence-corrected chi connectivity index (χ4v) is 1.69. The predicted octanol–water partition coefficient (Wildman–Crippen LogP) is 2.52. The van der Waals surface area contributed by atoms with Crippen LogP contribution in [0, 0.1) is 11.8 Å². The molecule has 0 aromatic carbocycles. The minimum atomic E-state index is -0.715. The molecule has 0 spiro atoms. The summed E-state index contributed by atoms with van der Waals surface area (Å²) in [4.78, 5) is 22.9. The first-order valence-electron chi connectivity index (χ1n) is 5.40. The van der Waals surface area contributed by atoms with Crippen LogP contribution in [0.4, 0.5) is 0 Å². The lowest BCUT2D eigenvalue weighted by Gasteiger charge is -2.19. The van der Waals surface area contributed by atoms with Crippen LogP contribution in [0.25, 0.3) is 0 Å². The Kier molecular flexibility index (Phi) is 7.18. The maximum atomic E-state index is 11.5. The van der Waals surface area contributed by atoms with E-state index < -0.39 is 11.9 Å². The Hall–Kier alpha value is -1.38. The Balaban J connectivity index is 4.58. The molecule has 16 heavy (non-hydrogen) atoms. The second-order valence-corrected chi connectivity index (χ2v) is 3.73. The van der Waals surface area contributed by atoms with Crippen molar-refractivity contribution in [3.8, 4) is 0 Å². The van der Waals surface area contributed by atoms with Gasteiger partial charge in [-0.25, -0.2) is 0 Å². The van der Waals surface area contributed by atoms with E-state index in [9.17, 15) is 9.59 Å². The van der Waals surface area contributed by atoms with Crippen molar-refractivity contribution in [2.75, 3.05) is 7.11 Å². The monoisotopic (exact) mass is 224 g/mol. The normalized spacial score (nSPS) is 13.6. The van der Waals surface area contributed by atoms with Gasteiger partial charge in [-0.15, -0.1) is 13.2 Å². The molecule has 0 saturated heterocycles. The lowest BCUT2D eigenvalue weighted by molar-refractivity contribution is -0.150. The topological polar surface area (TPSA) is 43.4 Å². The van der Waals surface area contributed by atoms with Gasteiger partial charge in [-0.05, 0) is 32.1 Å². The van der Waals surface area contributed by atoms with E-state index in [2.05, 4.69) is 17.9 Å². The number of allylic oxidation sites excluding steroid dienone is 2. The van der Waals surface area contributed by atoms with Gasteiger partial charge in [0.25, 0.3) is 0 Å². The van der Waals surface area contributed by atoms with Crippen molar-refractivity contribution in [1.82, 2.24) is 0 Å². The van der Waals surface area contributed by atoms with Crippen molar-refractivity contribution >= 4 is 11.8 Å². The molecule has 3 heteroatoms. The first kappa shape index (κ1) is 14.6. The fourth-order valence-electron chi connectivity index (χ4n) is 1.69. The van der Waals surface area contributed by atoms with Crippen LogP contribution < -0.4 is 0 Å². The summed E-state index contributed by atoms with van der Waals surface area (Å²) < 4.78 is 4.64. The predicted molar refractivity (Wildman–Crippen MR) is 63.9 cm³/mol. The van der Waals surface area contributed by atoms with Gasteiger partial charge < -0.3 is 4.74 Å². The zero-order chi connectivity index (χ0) is 12.6. The highest BCUT2D eigenvalue weighted by atomic mass is 16.5. The fraction of sp³-hybridized carbons (Fsp3) is 0.538. The van der Waals surface area contributed by atoms with Crippen LogP contribution >= 0.6 is 0 Å². The van der Waals surface area contributed by atoms with Crippen LogP contribution in [0.5, 0.6) is 0 Å². The molecule has 0 aliphatic heterocycles. The Bertz CT molecular complexity index is 268. The number of methoxy groups -OCH3 is 1. The second kappa shape index (κ2) is 7.85. The quantitative estimate of drug-likeness (QED) is 0.275. The van der Waals surface area contributed by atoms with Crippen molar-refractivity contribution in [2.24, 2.45) is 11.8 Å². The van der Waals surface area contributed by atoms with E-state index in [4.69, 9.17) is 0 Å². The zero-order valence-electron chi connectivity index (χ0n) is 10.1. The van der Waals surface area contributed by atoms with Gasteiger partial charge in [0.05, 0.1) is 7.11 Å². The smallest absolute Gasteiger partial charge is 0.316 e. The molecule has 0 aromatic rings. The molecule has 0 bridgehead atoms. The van der Waals surface area contributed by atoms with E-state index in [-0.39, 0.29) is 11.7 Å². The number of hydrogen-bond acceptors (Lipinski definition) is 3. The molecule has 0 saturated carbocycles. The highest BCUT2D eigenvalue weighted by molar-refractivity contribution is 5.98. The maximum Gasteiger partial charge on any atom is 0.316 e. The molecule has 0 aromatic heterocycles. The molecule has 90 valence electrons. The number of rotatable bonds is 8. The summed E-state index contributed by atoms with van der Waals surface area (Å²) in [6.07, 6.45) is 5.99. The Labute approximate surface area is 97.2 Å². The Morgan fingerprint density at radius 1 is 1.38 bits per heavy atom. The third-order valence-electron chi connectivity index (χ3n) is 2.57. The standard InChI is InChI=1S/C13H20O3/c1-5-7-8-9-11(6-2)12(10(3)14)13(15)16-4/h5-6,11-12H,1-2,7-9H2,3-4H3. The largest absolute Gasteiger partial charge is 0.468 e. The number of carbonyl (C=O) groups excluding carboxylic acids is 2. The summed E-state index contributed by atoms with van der Waals surface area (Å²) in [6, 6.07) is 0. The molecular weight excluding hydrogens is 204 g/mol. The number of hydrogen-bond donors (Lipinski definition) is 0. The van der Waals surface area contributed by atoms with E-state index in [1.807, 2.05) is 6.08 Å². The van der Waals surface area contributed by atoms with Crippen molar-refractivity contribution in [3.05, 3.63) is 25.3 Å². The van der Waals surface area contributed by atoms with Crippen LogP contribution in [0.2, 0.25) is 0 Å². The molecule has 2 unspecified atom stereocenters. The lowest BCUT2D eigenvalue weighted by atomic mass is 9.85. The van der Waals surface area contributed by atoms with Crippen molar-refractivity contribution < 1.29 is 14.3 Å². The highest BCUT2D eigenvalue weighted by Crippen LogP contribution is 2.22. The van der Waals surface area contributed by atoms with Crippen molar-refractivity contribution in [3.63, 3.8) is 0 Å². The van der Waals surface area contributed by atoms with Crippen LogP contribution in [0.3, 0.4) is 0 Å². The first-order chi connectivity index (χ1) is 7.58. The van der Waals surface area contributed by atoms with E-state index in [0.717, 1.165) is 19.3 Å². The summed E-state index contributed by atoms with van der Waals surface area (Å²) >= 11 is 0. The summed E-state index contributed by atoms with van der Waals surface area (Å²) in [5.74, 6) is -1.51. The molecule has 0 aliphatic rings. The second-order valence-electron chi connectivity index (χ2n) is 3.73. The minimum Gasteiger partial charge on any atom is -0.468 e. The molecule has 0 N–H and O–H groups in total. The number of Topliss-reactive ketones (excluding diaryl/α,β-unsaturated/α-hetero) is 1. The number of ketones is 1. The average molecular weight is 224 g/mol. The molecule has 2 atom stereocenters. The van der Waals surface area contributed by atoms with E-state index in [1.54, 1.807) is 6.08 Å². The lowest BCUT2D eigenvalue weighted by Crippen LogP contribution is -2.30. The van der Waals surface area contributed by atoms with Crippen LogP contribution in [0.1, 0.15) is 26.2 Å². The number of esters is 1. The molecule has 0 radical (unpaired) electrons. The number of ether oxygens (including phenoxy) is 1. The van der Waals surface area contributed by atoms with E-state index in [0.29, 0.717) is 0 Å². The third-order valence-corrected chi connectivity index (χ3v) is 2.57. The summed E-state index contributed by atoms with van der Waals surface area (Å²) in [5, 5.41) is 0. The molecule has 0 rings (SSSR count). The zero-order valence-corrected chi connectivity index (χ0v) is 10.1. The van der Waals surface area contributed by atoms with Gasteiger partial charge in [0.15, 0.2) is 0 Å². The number of carbonyl (C=O) groups is 2. The van der Waals surface area contributed by atoms with Gasteiger partial charge in [-0.3, -0.25) is 9.59 Å². The van der Waals surface area contributed by atoms with Gasteiger partial charge in [0.1, 0.15) is 11.7 Å². The SMILES string of the molecule is C=CCCCC(C=C)C(C(C)=O)C(=O)OC. The van der Waals surface area contributed by atoms with Gasteiger partial charge >= 0.3 is 5.97 Å². The van der Waals surface area contributed by atoms with Crippen molar-refractivity contribution in [1.29, 1.82) is 0 Å². The average Bonchev–Trinajstić information content (AvgIpc) is 2.26. The first-order valence-corrected chi connectivity index (χ1v) is 5.40. The van der Waals surface area contributed by atoms with Crippen LogP contribution in [0.15, 0.2) is 25.3 Å². The van der Waals surface area contributed by atoms with Gasteiger partial charge in [-0.1, -0.05) is 12.2 Å². The van der Waals surface area contributed by atoms with E-state index >= 15 is 0 Å². The molecule has 0 fully saturated rings. The third kappa shape index (κ3) is 4.43. The molecule has 0 heterocycles. The molecule has 0 aliphatic carbocycles. The van der Waals surface area contributed by atoms with Crippen LogP contribution in [-0.4, -0.2) is 18.9 Å². The summed E-state index contributed by atoms with van der Waals surface area (Å²) in [6.45, 7) is 8.71. The van der Waals surface area contributed by atoms with E-state index in [1.165, 1.54) is 14.0 Å². The molecule has 3 nitrogen and oxygen atoms in total. The molecular formula is C13H20O3. The minimum absolute atomic E-state index is 0.148. The summed E-state index contributed by atoms with van der Waals surface area (Å²) in [5.41, 5.74) is 0.